The van der Waals surface area contributed by atoms with Crippen LogP contribution in [0.15, 0.2) is 58.4 Å². The van der Waals surface area contributed by atoms with Crippen LogP contribution in [0.1, 0.15) is 11.5 Å². The molecule has 0 radical (unpaired) electrons. The minimum absolute atomic E-state index is 0.385. The van der Waals surface area contributed by atoms with Crippen molar-refractivity contribution >= 4 is 34.8 Å². The van der Waals surface area contributed by atoms with Gasteiger partial charge in [-0.3, -0.25) is 4.99 Å². The zero-order chi connectivity index (χ0) is 13.9. The summed E-state index contributed by atoms with van der Waals surface area (Å²) in [5.41, 5.74) is 2.63. The summed E-state index contributed by atoms with van der Waals surface area (Å²) in [6.07, 6.45) is 0. The van der Waals surface area contributed by atoms with Crippen LogP contribution in [0, 0.1) is 11.3 Å². The van der Waals surface area contributed by atoms with Crippen molar-refractivity contribution in [1.29, 1.82) is 5.26 Å². The van der Waals surface area contributed by atoms with Gasteiger partial charge in [-0.2, -0.15) is 5.26 Å². The molecular formula is C16H11ClN2S. The van der Waals surface area contributed by atoms with Crippen molar-refractivity contribution in [3.63, 3.8) is 0 Å². The highest BCUT2D eigenvalue weighted by atomic mass is 35.5. The second kappa shape index (κ2) is 5.70. The lowest BCUT2D eigenvalue weighted by atomic mass is 9.96. The van der Waals surface area contributed by atoms with E-state index in [1.165, 1.54) is 0 Å². The van der Waals surface area contributed by atoms with E-state index in [0.29, 0.717) is 5.02 Å². The summed E-state index contributed by atoms with van der Waals surface area (Å²) in [5.74, 6) is 0.338. The van der Waals surface area contributed by atoms with Crippen LogP contribution in [0.5, 0.6) is 0 Å². The van der Waals surface area contributed by atoms with E-state index in [4.69, 9.17) is 11.6 Å². The molecule has 0 amide bonds. The Hall–Kier alpha value is -1.76. The fraction of sp³-hybridized carbons (Fsp3) is 0.125. The van der Waals surface area contributed by atoms with Crippen molar-refractivity contribution in [1.82, 2.24) is 0 Å². The van der Waals surface area contributed by atoms with E-state index >= 15 is 0 Å². The maximum Gasteiger partial charge on any atom is 0.112 e. The number of hydrogen-bond donors (Lipinski definition) is 0. The smallest absolute Gasteiger partial charge is 0.112 e. The molecular weight excluding hydrogens is 288 g/mol. The number of nitrogens with zero attached hydrogens (tertiary/aromatic N) is 2. The van der Waals surface area contributed by atoms with Gasteiger partial charge in [0.05, 0.1) is 17.5 Å². The van der Waals surface area contributed by atoms with Crippen LogP contribution >= 0.6 is 23.4 Å². The predicted octanol–water partition coefficient (Wildman–Crippen LogP) is 4.83. The van der Waals surface area contributed by atoms with Crippen molar-refractivity contribution in [2.45, 2.75) is 10.8 Å². The van der Waals surface area contributed by atoms with E-state index in [1.807, 2.05) is 42.5 Å². The molecule has 3 rings (SSSR count). The minimum Gasteiger partial charge on any atom is -0.254 e. The highest BCUT2D eigenvalue weighted by Gasteiger charge is 2.23. The number of para-hydroxylation sites is 1. The summed E-state index contributed by atoms with van der Waals surface area (Å²) in [7, 11) is 0. The quantitative estimate of drug-likeness (QED) is 0.796. The lowest BCUT2D eigenvalue weighted by Crippen LogP contribution is -2.16. The number of rotatable bonds is 2. The molecule has 2 nitrogen and oxygen atoms in total. The van der Waals surface area contributed by atoms with Crippen molar-refractivity contribution in [2.75, 3.05) is 5.75 Å². The maximum atomic E-state index is 9.51. The summed E-state index contributed by atoms with van der Waals surface area (Å²) in [4.78, 5) is 5.81. The first kappa shape index (κ1) is 13.2. The zero-order valence-electron chi connectivity index (χ0n) is 10.6. The SMILES string of the molecule is N#CC(C1=Nc2ccccc2SC1)c1ccccc1Cl. The third-order valence-corrected chi connectivity index (χ3v) is 4.62. The van der Waals surface area contributed by atoms with Crippen molar-refractivity contribution in [2.24, 2.45) is 4.99 Å². The molecule has 1 aliphatic rings. The van der Waals surface area contributed by atoms with Gasteiger partial charge >= 0.3 is 0 Å². The van der Waals surface area contributed by atoms with Crippen LogP contribution in [0.4, 0.5) is 5.69 Å². The molecule has 0 N–H and O–H groups in total. The molecule has 1 aliphatic heterocycles. The predicted molar refractivity (Wildman–Crippen MR) is 84.1 cm³/mol. The number of aliphatic imine (C=N–C) groups is 1. The zero-order valence-corrected chi connectivity index (χ0v) is 12.2. The third-order valence-electron chi connectivity index (χ3n) is 3.18. The first-order chi connectivity index (χ1) is 9.79. The van der Waals surface area contributed by atoms with Gasteiger partial charge in [-0.05, 0) is 23.8 Å². The van der Waals surface area contributed by atoms with Gasteiger partial charge in [0.1, 0.15) is 5.92 Å². The molecule has 1 unspecified atom stereocenters. The number of fused-ring (bicyclic) bond motifs is 1. The number of thioether (sulfide) groups is 1. The second-order valence-corrected chi connectivity index (χ2v) is 5.87. The molecule has 20 heavy (non-hydrogen) atoms. The lowest BCUT2D eigenvalue weighted by Gasteiger charge is -2.19. The Morgan fingerprint density at radius 2 is 1.90 bits per heavy atom. The van der Waals surface area contributed by atoms with Gasteiger partial charge in [-0.25, -0.2) is 0 Å². The van der Waals surface area contributed by atoms with Crippen LogP contribution in [0.3, 0.4) is 0 Å². The number of halogens is 1. The molecule has 0 spiro atoms. The maximum absolute atomic E-state index is 9.51. The molecule has 2 aromatic carbocycles. The average Bonchev–Trinajstić information content (AvgIpc) is 2.50. The van der Waals surface area contributed by atoms with Gasteiger partial charge in [0.2, 0.25) is 0 Å². The Morgan fingerprint density at radius 1 is 1.15 bits per heavy atom. The van der Waals surface area contributed by atoms with Gasteiger partial charge in [0.25, 0.3) is 0 Å². The van der Waals surface area contributed by atoms with Crippen LogP contribution in [0.2, 0.25) is 5.02 Å². The first-order valence-corrected chi connectivity index (χ1v) is 7.59. The Morgan fingerprint density at radius 3 is 2.70 bits per heavy atom. The van der Waals surface area contributed by atoms with E-state index in [2.05, 4.69) is 17.1 Å². The van der Waals surface area contributed by atoms with Gasteiger partial charge in [-0.1, -0.05) is 41.9 Å². The van der Waals surface area contributed by atoms with Crippen LogP contribution in [0.25, 0.3) is 0 Å². The topological polar surface area (TPSA) is 36.1 Å². The fourth-order valence-corrected chi connectivity index (χ4v) is 3.41. The molecule has 2 aromatic rings. The molecule has 0 fully saturated rings. The normalized spacial score (nSPS) is 14.9. The standard InChI is InChI=1S/C16H11ClN2S/c17-13-6-2-1-5-11(13)12(9-18)15-10-20-16-8-4-3-7-14(16)19-15/h1-8,12H,10H2. The van der Waals surface area contributed by atoms with E-state index in [0.717, 1.165) is 27.6 Å². The summed E-state index contributed by atoms with van der Waals surface area (Å²) >= 11 is 7.92. The first-order valence-electron chi connectivity index (χ1n) is 6.23. The highest BCUT2D eigenvalue weighted by molar-refractivity contribution is 8.00. The lowest BCUT2D eigenvalue weighted by molar-refractivity contribution is 1.12. The highest BCUT2D eigenvalue weighted by Crippen LogP contribution is 2.37. The summed E-state index contributed by atoms with van der Waals surface area (Å²) < 4.78 is 0. The van der Waals surface area contributed by atoms with E-state index < -0.39 is 0 Å². The van der Waals surface area contributed by atoms with E-state index in [9.17, 15) is 5.26 Å². The molecule has 1 atom stereocenters. The summed E-state index contributed by atoms with van der Waals surface area (Å²) in [6, 6.07) is 17.8. The molecule has 4 heteroatoms. The van der Waals surface area contributed by atoms with E-state index in [-0.39, 0.29) is 5.92 Å². The second-order valence-electron chi connectivity index (χ2n) is 4.44. The molecule has 98 valence electrons. The van der Waals surface area contributed by atoms with Crippen LogP contribution in [-0.4, -0.2) is 11.5 Å². The van der Waals surface area contributed by atoms with Gasteiger partial charge in [0, 0.05) is 15.7 Å². The molecule has 0 saturated heterocycles. The van der Waals surface area contributed by atoms with Crippen molar-refractivity contribution in [3.8, 4) is 6.07 Å². The molecule has 1 heterocycles. The summed E-state index contributed by atoms with van der Waals surface area (Å²) in [6.45, 7) is 0. The van der Waals surface area contributed by atoms with Crippen molar-refractivity contribution in [3.05, 3.63) is 59.1 Å². The number of hydrogen-bond acceptors (Lipinski definition) is 3. The monoisotopic (exact) mass is 298 g/mol. The van der Waals surface area contributed by atoms with Crippen LogP contribution < -0.4 is 0 Å². The number of benzene rings is 2. The molecule has 0 bridgehead atoms. The Labute approximate surface area is 127 Å². The average molecular weight is 299 g/mol. The Bertz CT molecular complexity index is 718. The third kappa shape index (κ3) is 2.45. The fourth-order valence-electron chi connectivity index (χ4n) is 2.19. The Balaban J connectivity index is 2.03. The van der Waals surface area contributed by atoms with Gasteiger partial charge in [0.15, 0.2) is 0 Å². The molecule has 0 saturated carbocycles. The van der Waals surface area contributed by atoms with Crippen molar-refractivity contribution < 1.29 is 0 Å². The van der Waals surface area contributed by atoms with Gasteiger partial charge < -0.3 is 0 Å². The number of nitriles is 1. The minimum atomic E-state index is -0.385. The van der Waals surface area contributed by atoms with E-state index in [1.54, 1.807) is 11.8 Å². The Kier molecular flexibility index (Phi) is 3.77. The van der Waals surface area contributed by atoms with Gasteiger partial charge in [-0.15, -0.1) is 11.8 Å². The summed E-state index contributed by atoms with van der Waals surface area (Å²) in [5, 5.41) is 10.1. The largest absolute Gasteiger partial charge is 0.254 e. The molecule has 0 aromatic heterocycles. The molecule has 0 aliphatic carbocycles. The van der Waals surface area contributed by atoms with Crippen LogP contribution in [-0.2, 0) is 0 Å².